The van der Waals surface area contributed by atoms with E-state index in [1.165, 1.54) is 6.07 Å². The zero-order chi connectivity index (χ0) is 20.5. The molecule has 6 nitrogen and oxygen atoms in total. The minimum Gasteiger partial charge on any atom is -0.322 e. The van der Waals surface area contributed by atoms with E-state index in [4.69, 9.17) is 0 Å². The molecular formula is C23H20FN5O. The highest BCUT2D eigenvalue weighted by Gasteiger charge is 2.19. The Bertz CT molecular complexity index is 1240. The number of nitrogens with one attached hydrogen (secondary N) is 1. The lowest BCUT2D eigenvalue weighted by molar-refractivity contribution is 0.102. The number of hydrogen-bond donors (Lipinski definition) is 1. The lowest BCUT2D eigenvalue weighted by Crippen LogP contribution is -2.13. The van der Waals surface area contributed by atoms with E-state index in [-0.39, 0.29) is 11.7 Å². The van der Waals surface area contributed by atoms with E-state index in [0.29, 0.717) is 22.6 Å². The van der Waals surface area contributed by atoms with Gasteiger partial charge in [0.2, 0.25) is 0 Å². The molecule has 7 heteroatoms. The van der Waals surface area contributed by atoms with E-state index < -0.39 is 0 Å². The Labute approximate surface area is 172 Å². The Morgan fingerprint density at radius 3 is 2.87 bits per heavy atom. The molecule has 0 saturated heterocycles. The fourth-order valence-corrected chi connectivity index (χ4v) is 3.95. The van der Waals surface area contributed by atoms with Gasteiger partial charge in [-0.15, -0.1) is 10.2 Å². The predicted octanol–water partition coefficient (Wildman–Crippen LogP) is 4.61. The Kier molecular flexibility index (Phi) is 4.71. The molecule has 0 bridgehead atoms. The van der Waals surface area contributed by atoms with Gasteiger partial charge in [0.15, 0.2) is 5.82 Å². The van der Waals surface area contributed by atoms with Crippen LogP contribution in [0.15, 0.2) is 54.7 Å². The first-order valence-corrected chi connectivity index (χ1v) is 10.1. The first-order valence-electron chi connectivity index (χ1n) is 10.1. The summed E-state index contributed by atoms with van der Waals surface area (Å²) >= 11 is 0. The Hall–Kier alpha value is -3.61. The van der Waals surface area contributed by atoms with Crippen molar-refractivity contribution in [2.75, 3.05) is 5.32 Å². The second-order valence-electron chi connectivity index (χ2n) is 7.43. The first-order chi connectivity index (χ1) is 14.7. The van der Waals surface area contributed by atoms with E-state index in [1.54, 1.807) is 24.4 Å². The van der Waals surface area contributed by atoms with Gasteiger partial charge in [-0.3, -0.25) is 9.78 Å². The quantitative estimate of drug-likeness (QED) is 0.544. The lowest BCUT2D eigenvalue weighted by atomic mass is 10.1. The normalized spacial score (nSPS) is 13.6. The fourth-order valence-electron chi connectivity index (χ4n) is 3.95. The number of aromatic nitrogens is 4. The summed E-state index contributed by atoms with van der Waals surface area (Å²) in [5.74, 6) is 0.738. The molecule has 0 atom stereocenters. The third kappa shape index (κ3) is 3.32. The third-order valence-corrected chi connectivity index (χ3v) is 5.47. The maximum atomic E-state index is 14.7. The summed E-state index contributed by atoms with van der Waals surface area (Å²) in [6.07, 6.45) is 5.67. The van der Waals surface area contributed by atoms with Crippen LogP contribution in [0.5, 0.6) is 0 Å². The van der Waals surface area contributed by atoms with Crippen molar-refractivity contribution in [1.82, 2.24) is 19.7 Å². The molecular weight excluding hydrogens is 381 g/mol. The van der Waals surface area contributed by atoms with Crippen LogP contribution in [-0.2, 0) is 13.0 Å². The third-order valence-electron chi connectivity index (χ3n) is 5.47. The number of para-hydroxylation sites is 1. The van der Waals surface area contributed by atoms with Crippen LogP contribution in [0.2, 0.25) is 0 Å². The SMILES string of the molecule is O=C(Nc1ccc(F)c(-c2nnc3n2CCCCC3)c1)c1ccnc2ccccc12. The van der Waals surface area contributed by atoms with Gasteiger partial charge in [-0.1, -0.05) is 24.6 Å². The summed E-state index contributed by atoms with van der Waals surface area (Å²) in [4.78, 5) is 17.2. The van der Waals surface area contributed by atoms with Crippen LogP contribution in [0.4, 0.5) is 10.1 Å². The van der Waals surface area contributed by atoms with Gasteiger partial charge in [-0.25, -0.2) is 4.39 Å². The number of rotatable bonds is 3. The maximum Gasteiger partial charge on any atom is 0.256 e. The van der Waals surface area contributed by atoms with Gasteiger partial charge < -0.3 is 9.88 Å². The molecule has 0 aliphatic carbocycles. The van der Waals surface area contributed by atoms with Crippen LogP contribution < -0.4 is 5.32 Å². The first kappa shape index (κ1) is 18.4. The molecule has 1 aliphatic heterocycles. The highest BCUT2D eigenvalue weighted by molar-refractivity contribution is 6.12. The molecule has 2 aromatic carbocycles. The van der Waals surface area contributed by atoms with Crippen LogP contribution >= 0.6 is 0 Å². The van der Waals surface area contributed by atoms with Gasteiger partial charge in [0.05, 0.1) is 16.6 Å². The van der Waals surface area contributed by atoms with Gasteiger partial charge in [0.25, 0.3) is 5.91 Å². The van der Waals surface area contributed by atoms with Crippen molar-refractivity contribution in [3.8, 4) is 11.4 Å². The Morgan fingerprint density at radius 2 is 1.93 bits per heavy atom. The second-order valence-corrected chi connectivity index (χ2v) is 7.43. The molecule has 4 aromatic rings. The van der Waals surface area contributed by atoms with Crippen molar-refractivity contribution in [1.29, 1.82) is 0 Å². The average Bonchev–Trinajstić information content (AvgIpc) is 3.02. The van der Waals surface area contributed by atoms with Crippen LogP contribution in [-0.4, -0.2) is 25.7 Å². The number of halogens is 1. The summed E-state index contributed by atoms with van der Waals surface area (Å²) in [5, 5.41) is 12.1. The van der Waals surface area contributed by atoms with Gasteiger partial charge in [-0.05, 0) is 43.2 Å². The number of fused-ring (bicyclic) bond motifs is 2. The summed E-state index contributed by atoms with van der Waals surface area (Å²) in [6, 6.07) is 13.7. The van der Waals surface area contributed by atoms with Crippen LogP contribution in [0.1, 0.15) is 35.4 Å². The number of carbonyl (C=O) groups is 1. The number of anilines is 1. The number of amides is 1. The van der Waals surface area contributed by atoms with Crippen LogP contribution in [0.25, 0.3) is 22.3 Å². The van der Waals surface area contributed by atoms with Crippen molar-refractivity contribution in [2.45, 2.75) is 32.2 Å². The van der Waals surface area contributed by atoms with Gasteiger partial charge in [-0.2, -0.15) is 0 Å². The highest BCUT2D eigenvalue weighted by atomic mass is 19.1. The molecule has 1 aliphatic rings. The van der Waals surface area contributed by atoms with Crippen LogP contribution in [0, 0.1) is 5.82 Å². The zero-order valence-electron chi connectivity index (χ0n) is 16.3. The monoisotopic (exact) mass is 401 g/mol. The van der Waals surface area contributed by atoms with E-state index in [0.717, 1.165) is 49.0 Å². The smallest absolute Gasteiger partial charge is 0.256 e. The van der Waals surface area contributed by atoms with Gasteiger partial charge in [0, 0.05) is 30.2 Å². The Morgan fingerprint density at radius 1 is 1.03 bits per heavy atom. The van der Waals surface area contributed by atoms with Gasteiger partial charge in [0.1, 0.15) is 11.6 Å². The minimum absolute atomic E-state index is 0.272. The van der Waals surface area contributed by atoms with Crippen molar-refractivity contribution >= 4 is 22.5 Å². The topological polar surface area (TPSA) is 72.7 Å². The Balaban J connectivity index is 1.48. The van der Waals surface area contributed by atoms with E-state index in [9.17, 15) is 9.18 Å². The molecule has 3 heterocycles. The number of aryl methyl sites for hydroxylation is 1. The van der Waals surface area contributed by atoms with E-state index >= 15 is 0 Å². The zero-order valence-corrected chi connectivity index (χ0v) is 16.3. The number of carbonyl (C=O) groups excluding carboxylic acids is 1. The summed E-state index contributed by atoms with van der Waals surface area (Å²) in [7, 11) is 0. The van der Waals surface area contributed by atoms with Crippen molar-refractivity contribution < 1.29 is 9.18 Å². The van der Waals surface area contributed by atoms with Crippen molar-refractivity contribution in [3.63, 3.8) is 0 Å². The highest BCUT2D eigenvalue weighted by Crippen LogP contribution is 2.28. The van der Waals surface area contributed by atoms with Crippen LogP contribution in [0.3, 0.4) is 0 Å². The molecule has 1 N–H and O–H groups in total. The number of nitrogens with zero attached hydrogens (tertiary/aromatic N) is 4. The maximum absolute atomic E-state index is 14.7. The molecule has 2 aromatic heterocycles. The molecule has 0 fully saturated rings. The average molecular weight is 401 g/mol. The summed E-state index contributed by atoms with van der Waals surface area (Å²) in [5.41, 5.74) is 2.11. The lowest BCUT2D eigenvalue weighted by Gasteiger charge is -2.11. The molecule has 1 amide bonds. The molecule has 0 radical (unpaired) electrons. The largest absolute Gasteiger partial charge is 0.322 e. The minimum atomic E-state index is -0.387. The standard InChI is InChI=1S/C23H20FN5O/c24-19-10-9-15(14-18(19)22-28-27-21-8-2-1-5-13-29(21)22)26-23(30)17-11-12-25-20-7-4-3-6-16(17)20/h3-4,6-7,9-12,14H,1-2,5,8,13H2,(H,26,30). The molecule has 30 heavy (non-hydrogen) atoms. The van der Waals surface area contributed by atoms with Crippen molar-refractivity contribution in [3.05, 3.63) is 71.9 Å². The number of hydrogen-bond acceptors (Lipinski definition) is 4. The molecule has 5 rings (SSSR count). The predicted molar refractivity (Wildman–Crippen MR) is 113 cm³/mol. The van der Waals surface area contributed by atoms with E-state index in [1.807, 2.05) is 28.8 Å². The van der Waals surface area contributed by atoms with Crippen molar-refractivity contribution in [2.24, 2.45) is 0 Å². The second kappa shape index (κ2) is 7.67. The summed E-state index contributed by atoms with van der Waals surface area (Å²) in [6.45, 7) is 0.775. The molecule has 150 valence electrons. The number of pyridine rings is 1. The summed E-state index contributed by atoms with van der Waals surface area (Å²) < 4.78 is 16.7. The molecule has 0 saturated carbocycles. The van der Waals surface area contributed by atoms with E-state index in [2.05, 4.69) is 20.5 Å². The molecule has 0 spiro atoms. The molecule has 0 unspecified atom stereocenters. The number of benzene rings is 2. The van der Waals surface area contributed by atoms with Gasteiger partial charge >= 0.3 is 0 Å². The fraction of sp³-hybridized carbons (Fsp3) is 0.217.